The summed E-state index contributed by atoms with van der Waals surface area (Å²) in [4.78, 5) is 26.1. The molecule has 0 aliphatic carbocycles. The van der Waals surface area contributed by atoms with E-state index in [1.165, 1.54) is 12.3 Å². The van der Waals surface area contributed by atoms with Crippen LogP contribution < -0.4 is 16.4 Å². The highest BCUT2D eigenvalue weighted by molar-refractivity contribution is 5.94. The highest BCUT2D eigenvalue weighted by atomic mass is 16.4. The normalized spacial score (nSPS) is 9.83. The van der Waals surface area contributed by atoms with Crippen LogP contribution in [0.15, 0.2) is 12.3 Å². The van der Waals surface area contributed by atoms with Crippen molar-refractivity contribution in [2.45, 2.75) is 13.3 Å². The summed E-state index contributed by atoms with van der Waals surface area (Å²) in [5.41, 5.74) is 5.51. The van der Waals surface area contributed by atoms with E-state index in [0.29, 0.717) is 12.4 Å². The van der Waals surface area contributed by atoms with Crippen molar-refractivity contribution in [1.82, 2.24) is 10.3 Å². The van der Waals surface area contributed by atoms with Gasteiger partial charge in [-0.1, -0.05) is 6.92 Å². The lowest BCUT2D eigenvalue weighted by Crippen LogP contribution is -2.30. The molecule has 0 aliphatic heterocycles. The predicted octanol–water partition coefficient (Wildman–Crippen LogP) is 0.300. The van der Waals surface area contributed by atoms with E-state index in [4.69, 9.17) is 10.8 Å². The number of rotatable bonds is 6. The van der Waals surface area contributed by atoms with Crippen LogP contribution in [0.1, 0.15) is 23.7 Å². The van der Waals surface area contributed by atoms with Gasteiger partial charge in [-0.2, -0.15) is 0 Å². The Hall–Kier alpha value is -2.31. The molecule has 98 valence electrons. The minimum Gasteiger partial charge on any atom is -0.478 e. The first-order valence-electron chi connectivity index (χ1n) is 5.54. The van der Waals surface area contributed by atoms with Crippen LogP contribution in [0.3, 0.4) is 0 Å². The summed E-state index contributed by atoms with van der Waals surface area (Å²) < 4.78 is 0. The van der Waals surface area contributed by atoms with Crippen molar-refractivity contribution in [2.24, 2.45) is 0 Å². The van der Waals surface area contributed by atoms with Crippen LogP contribution in [0, 0.1) is 0 Å². The molecule has 0 fully saturated rings. The largest absolute Gasteiger partial charge is 0.478 e. The molecule has 7 heteroatoms. The molecule has 0 aliphatic rings. The molecule has 0 atom stereocenters. The lowest BCUT2D eigenvalue weighted by atomic mass is 10.2. The van der Waals surface area contributed by atoms with E-state index in [-0.39, 0.29) is 23.7 Å². The maximum absolute atomic E-state index is 11.3. The Morgan fingerprint density at radius 1 is 1.50 bits per heavy atom. The predicted molar refractivity (Wildman–Crippen MR) is 67.4 cm³/mol. The Balaban J connectivity index is 2.60. The van der Waals surface area contributed by atoms with Gasteiger partial charge in [0.1, 0.15) is 5.82 Å². The van der Waals surface area contributed by atoms with E-state index >= 15 is 0 Å². The molecule has 0 bridgehead atoms. The van der Waals surface area contributed by atoms with Crippen LogP contribution in [0.2, 0.25) is 0 Å². The Kier molecular flexibility index (Phi) is 4.91. The standard InChI is InChI=1S/C11H16N4O3/c1-2-3-13-10(16)6-15-9-4-7(11(17)18)8(12)5-14-9/h4-5H,2-3,6,12H2,1H3,(H,13,16)(H,14,15)(H,17,18). The van der Waals surface area contributed by atoms with Gasteiger partial charge in [0.25, 0.3) is 0 Å². The number of carbonyl (C=O) groups is 2. The van der Waals surface area contributed by atoms with Gasteiger partial charge in [-0.3, -0.25) is 4.79 Å². The zero-order chi connectivity index (χ0) is 13.5. The molecule has 1 heterocycles. The summed E-state index contributed by atoms with van der Waals surface area (Å²) >= 11 is 0. The van der Waals surface area contributed by atoms with Crippen molar-refractivity contribution in [3.63, 3.8) is 0 Å². The molecule has 1 amide bonds. The van der Waals surface area contributed by atoms with Gasteiger partial charge in [0.15, 0.2) is 0 Å². The van der Waals surface area contributed by atoms with Gasteiger partial charge in [-0.05, 0) is 12.5 Å². The molecular formula is C11H16N4O3. The van der Waals surface area contributed by atoms with E-state index < -0.39 is 5.97 Å². The fourth-order valence-electron chi connectivity index (χ4n) is 1.25. The number of anilines is 2. The van der Waals surface area contributed by atoms with Crippen LogP contribution in [0.4, 0.5) is 11.5 Å². The average molecular weight is 252 g/mol. The number of carboxylic acid groups (broad SMARTS) is 1. The summed E-state index contributed by atoms with van der Waals surface area (Å²) in [6.07, 6.45) is 2.10. The second-order valence-corrected chi connectivity index (χ2v) is 3.67. The lowest BCUT2D eigenvalue weighted by Gasteiger charge is -2.07. The number of pyridine rings is 1. The first-order chi connectivity index (χ1) is 8.54. The van der Waals surface area contributed by atoms with Crippen LogP contribution in [0.5, 0.6) is 0 Å². The zero-order valence-corrected chi connectivity index (χ0v) is 10.1. The fraction of sp³-hybridized carbons (Fsp3) is 0.364. The number of carbonyl (C=O) groups excluding carboxylic acids is 1. The fourth-order valence-corrected chi connectivity index (χ4v) is 1.25. The third-order valence-corrected chi connectivity index (χ3v) is 2.17. The maximum Gasteiger partial charge on any atom is 0.337 e. The van der Waals surface area contributed by atoms with Gasteiger partial charge in [0, 0.05) is 6.54 Å². The highest BCUT2D eigenvalue weighted by Crippen LogP contribution is 2.14. The number of nitrogens with two attached hydrogens (primary N) is 1. The van der Waals surface area contributed by atoms with E-state index in [2.05, 4.69) is 15.6 Å². The Morgan fingerprint density at radius 2 is 2.22 bits per heavy atom. The number of carboxylic acids is 1. The smallest absolute Gasteiger partial charge is 0.337 e. The van der Waals surface area contributed by atoms with Gasteiger partial charge in [-0.25, -0.2) is 9.78 Å². The molecule has 0 aromatic carbocycles. The molecule has 0 radical (unpaired) electrons. The molecular weight excluding hydrogens is 236 g/mol. The highest BCUT2D eigenvalue weighted by Gasteiger charge is 2.10. The van der Waals surface area contributed by atoms with Crippen LogP contribution >= 0.6 is 0 Å². The van der Waals surface area contributed by atoms with Crippen LogP contribution in [0.25, 0.3) is 0 Å². The lowest BCUT2D eigenvalue weighted by molar-refractivity contribution is -0.119. The maximum atomic E-state index is 11.3. The number of nitrogen functional groups attached to an aromatic ring is 1. The summed E-state index contributed by atoms with van der Waals surface area (Å²) in [6.45, 7) is 2.60. The van der Waals surface area contributed by atoms with Crippen LogP contribution in [-0.2, 0) is 4.79 Å². The number of aromatic carboxylic acids is 1. The minimum absolute atomic E-state index is 0.0377. The summed E-state index contributed by atoms with van der Waals surface area (Å²) in [5.74, 6) is -1.01. The molecule has 1 rings (SSSR count). The molecule has 0 unspecified atom stereocenters. The molecule has 7 nitrogen and oxygen atoms in total. The summed E-state index contributed by atoms with van der Waals surface area (Å²) in [5, 5.41) is 14.3. The Morgan fingerprint density at radius 3 is 2.83 bits per heavy atom. The minimum atomic E-state index is -1.13. The number of nitrogens with zero attached hydrogens (tertiary/aromatic N) is 1. The molecule has 0 saturated carbocycles. The third-order valence-electron chi connectivity index (χ3n) is 2.17. The number of hydrogen-bond donors (Lipinski definition) is 4. The number of amides is 1. The van der Waals surface area contributed by atoms with Crippen molar-refractivity contribution in [1.29, 1.82) is 0 Å². The number of hydrogen-bond acceptors (Lipinski definition) is 5. The first kappa shape index (κ1) is 13.8. The van der Waals surface area contributed by atoms with Gasteiger partial charge in [-0.15, -0.1) is 0 Å². The van der Waals surface area contributed by atoms with E-state index in [1.807, 2.05) is 6.92 Å². The third kappa shape index (κ3) is 3.93. The topological polar surface area (TPSA) is 117 Å². The molecule has 1 aromatic heterocycles. The molecule has 18 heavy (non-hydrogen) atoms. The first-order valence-corrected chi connectivity index (χ1v) is 5.54. The van der Waals surface area contributed by atoms with E-state index in [9.17, 15) is 9.59 Å². The van der Waals surface area contributed by atoms with Crippen molar-refractivity contribution in [3.8, 4) is 0 Å². The van der Waals surface area contributed by atoms with Gasteiger partial charge < -0.3 is 21.5 Å². The number of aromatic nitrogens is 1. The quantitative estimate of drug-likeness (QED) is 0.578. The van der Waals surface area contributed by atoms with Gasteiger partial charge >= 0.3 is 5.97 Å². The monoisotopic (exact) mass is 252 g/mol. The molecule has 1 aromatic rings. The second kappa shape index (κ2) is 6.43. The average Bonchev–Trinajstić information content (AvgIpc) is 2.35. The SMILES string of the molecule is CCCNC(=O)CNc1cc(C(=O)O)c(N)cn1. The summed E-state index contributed by atoms with van der Waals surface area (Å²) in [6, 6.07) is 1.30. The van der Waals surface area contributed by atoms with Crippen molar-refractivity contribution in [3.05, 3.63) is 17.8 Å². The second-order valence-electron chi connectivity index (χ2n) is 3.67. The van der Waals surface area contributed by atoms with Gasteiger partial charge in [0.05, 0.1) is 24.0 Å². The van der Waals surface area contributed by atoms with E-state index in [0.717, 1.165) is 6.42 Å². The zero-order valence-electron chi connectivity index (χ0n) is 10.1. The van der Waals surface area contributed by atoms with Crippen molar-refractivity contribution < 1.29 is 14.7 Å². The van der Waals surface area contributed by atoms with E-state index in [1.54, 1.807) is 0 Å². The van der Waals surface area contributed by atoms with Gasteiger partial charge in [0.2, 0.25) is 5.91 Å². The molecule has 5 N–H and O–H groups in total. The number of nitrogens with one attached hydrogen (secondary N) is 2. The van der Waals surface area contributed by atoms with Crippen molar-refractivity contribution in [2.75, 3.05) is 24.1 Å². The van der Waals surface area contributed by atoms with Crippen molar-refractivity contribution >= 4 is 23.4 Å². The van der Waals surface area contributed by atoms with Crippen LogP contribution in [-0.4, -0.2) is 35.1 Å². The summed E-state index contributed by atoms with van der Waals surface area (Å²) in [7, 11) is 0. The molecule has 0 spiro atoms. The Labute approximate surface area is 104 Å². The Bertz CT molecular complexity index is 448. The molecule has 0 saturated heterocycles.